The Morgan fingerprint density at radius 2 is 2.32 bits per heavy atom. The number of furan rings is 1. The van der Waals surface area contributed by atoms with Crippen molar-refractivity contribution in [2.24, 2.45) is 0 Å². The molecule has 134 valence electrons. The van der Waals surface area contributed by atoms with Crippen LogP contribution in [0.4, 0.5) is 10.5 Å². The molecule has 3 rings (SSSR count). The number of carbonyl (C=O) groups excluding carboxylic acids is 1. The third-order valence-electron chi connectivity index (χ3n) is 4.65. The number of rotatable bonds is 5. The lowest BCUT2D eigenvalue weighted by atomic mass is 10.1. The van der Waals surface area contributed by atoms with Crippen molar-refractivity contribution < 1.29 is 19.1 Å². The molecule has 2 heterocycles. The molecule has 0 bridgehead atoms. The van der Waals surface area contributed by atoms with E-state index < -0.39 is 6.10 Å². The molecule has 25 heavy (non-hydrogen) atoms. The number of carbonyl (C=O) groups is 1. The molecule has 1 aromatic carbocycles. The summed E-state index contributed by atoms with van der Waals surface area (Å²) in [5.74, 6) is 1.33. The highest BCUT2D eigenvalue weighted by Gasteiger charge is 2.31. The van der Waals surface area contributed by atoms with Crippen LogP contribution in [0.2, 0.25) is 0 Å². The van der Waals surface area contributed by atoms with Gasteiger partial charge in [0.25, 0.3) is 0 Å². The molecule has 2 N–H and O–H groups in total. The fourth-order valence-corrected chi connectivity index (χ4v) is 3.35. The zero-order valence-corrected chi connectivity index (χ0v) is 14.6. The van der Waals surface area contributed by atoms with Crippen LogP contribution in [-0.4, -0.2) is 35.7 Å². The average molecular weight is 344 g/mol. The molecule has 1 fully saturated rings. The highest BCUT2D eigenvalue weighted by atomic mass is 16.5. The van der Waals surface area contributed by atoms with Gasteiger partial charge < -0.3 is 24.5 Å². The van der Waals surface area contributed by atoms with Crippen molar-refractivity contribution in [3.05, 3.63) is 47.9 Å². The molecule has 1 aliphatic rings. The maximum absolute atomic E-state index is 12.6. The summed E-state index contributed by atoms with van der Waals surface area (Å²) >= 11 is 0. The number of urea groups is 1. The first kappa shape index (κ1) is 17.4. The van der Waals surface area contributed by atoms with Crippen LogP contribution in [0.3, 0.4) is 0 Å². The van der Waals surface area contributed by atoms with Gasteiger partial charge in [0.2, 0.25) is 0 Å². The van der Waals surface area contributed by atoms with Crippen molar-refractivity contribution in [1.29, 1.82) is 0 Å². The summed E-state index contributed by atoms with van der Waals surface area (Å²) < 4.78 is 10.5. The fourth-order valence-electron chi connectivity index (χ4n) is 3.35. The highest BCUT2D eigenvalue weighted by Crippen LogP contribution is 2.28. The summed E-state index contributed by atoms with van der Waals surface area (Å²) in [7, 11) is 1.62. The van der Waals surface area contributed by atoms with E-state index in [2.05, 4.69) is 5.32 Å². The molecule has 2 amide bonds. The molecule has 0 spiro atoms. The Labute approximate surface area is 147 Å². The Bertz CT molecular complexity index is 714. The second-order valence-corrected chi connectivity index (χ2v) is 6.37. The van der Waals surface area contributed by atoms with E-state index >= 15 is 0 Å². The first-order chi connectivity index (χ1) is 12.1. The van der Waals surface area contributed by atoms with Gasteiger partial charge in [-0.05, 0) is 55.7 Å². The van der Waals surface area contributed by atoms with Gasteiger partial charge in [-0.3, -0.25) is 0 Å². The van der Waals surface area contributed by atoms with Gasteiger partial charge >= 0.3 is 6.03 Å². The summed E-state index contributed by atoms with van der Waals surface area (Å²) in [5.41, 5.74) is 1.70. The van der Waals surface area contributed by atoms with Gasteiger partial charge in [-0.1, -0.05) is 0 Å². The number of aliphatic hydroxyl groups excluding tert-OH is 1. The minimum Gasteiger partial charge on any atom is -0.496 e. The minimum atomic E-state index is -0.698. The molecule has 2 aromatic rings. The third kappa shape index (κ3) is 3.96. The van der Waals surface area contributed by atoms with E-state index in [9.17, 15) is 9.90 Å². The number of amides is 2. The molecule has 2 unspecified atom stereocenters. The molecule has 2 atom stereocenters. The average Bonchev–Trinajstić information content (AvgIpc) is 3.26. The molecular formula is C19H24N2O4. The summed E-state index contributed by atoms with van der Waals surface area (Å²) in [6.45, 7) is 2.63. The van der Waals surface area contributed by atoms with E-state index in [1.807, 2.05) is 25.1 Å². The van der Waals surface area contributed by atoms with Crippen LogP contribution < -0.4 is 10.1 Å². The van der Waals surface area contributed by atoms with Crippen molar-refractivity contribution in [3.63, 3.8) is 0 Å². The maximum Gasteiger partial charge on any atom is 0.322 e. The van der Waals surface area contributed by atoms with Crippen LogP contribution in [0.15, 0.2) is 41.0 Å². The van der Waals surface area contributed by atoms with Crippen LogP contribution in [0.25, 0.3) is 0 Å². The zero-order chi connectivity index (χ0) is 17.8. The van der Waals surface area contributed by atoms with Crippen molar-refractivity contribution >= 4 is 11.7 Å². The number of hydrogen-bond acceptors (Lipinski definition) is 4. The Hall–Kier alpha value is -2.47. The van der Waals surface area contributed by atoms with E-state index in [-0.39, 0.29) is 12.1 Å². The van der Waals surface area contributed by atoms with Crippen molar-refractivity contribution in [2.45, 2.75) is 38.3 Å². The van der Waals surface area contributed by atoms with Crippen LogP contribution >= 0.6 is 0 Å². The summed E-state index contributed by atoms with van der Waals surface area (Å²) in [4.78, 5) is 14.4. The number of nitrogens with zero attached hydrogens (tertiary/aromatic N) is 1. The monoisotopic (exact) mass is 344 g/mol. The zero-order valence-electron chi connectivity index (χ0n) is 14.6. The Morgan fingerprint density at radius 3 is 3.00 bits per heavy atom. The van der Waals surface area contributed by atoms with E-state index in [0.29, 0.717) is 18.7 Å². The summed E-state index contributed by atoms with van der Waals surface area (Å²) in [5, 5.41) is 13.2. The SMILES string of the molecule is COc1ccc(NC(=O)N2CCCC2CC(O)c2ccco2)cc1C. The van der Waals surface area contributed by atoms with Crippen molar-refractivity contribution in [3.8, 4) is 5.75 Å². The van der Waals surface area contributed by atoms with Gasteiger partial charge in [0.15, 0.2) is 0 Å². The number of hydrogen-bond donors (Lipinski definition) is 2. The molecule has 1 aromatic heterocycles. The normalized spacial score (nSPS) is 18.2. The molecule has 0 radical (unpaired) electrons. The highest BCUT2D eigenvalue weighted by molar-refractivity contribution is 5.90. The quantitative estimate of drug-likeness (QED) is 0.867. The van der Waals surface area contributed by atoms with Gasteiger partial charge in [0.05, 0.1) is 13.4 Å². The Balaban J connectivity index is 1.63. The second-order valence-electron chi connectivity index (χ2n) is 6.37. The lowest BCUT2D eigenvalue weighted by Crippen LogP contribution is -2.39. The first-order valence-corrected chi connectivity index (χ1v) is 8.52. The number of aryl methyl sites for hydroxylation is 1. The topological polar surface area (TPSA) is 74.9 Å². The van der Waals surface area contributed by atoms with Gasteiger partial charge in [-0.15, -0.1) is 0 Å². The van der Waals surface area contributed by atoms with Crippen LogP contribution in [0.5, 0.6) is 5.75 Å². The van der Waals surface area contributed by atoms with Crippen molar-refractivity contribution in [1.82, 2.24) is 4.90 Å². The molecular weight excluding hydrogens is 320 g/mol. The predicted molar refractivity (Wildman–Crippen MR) is 94.8 cm³/mol. The van der Waals surface area contributed by atoms with Gasteiger partial charge in [0, 0.05) is 24.7 Å². The molecule has 0 aliphatic carbocycles. The van der Waals surface area contributed by atoms with E-state index in [1.54, 1.807) is 30.4 Å². The van der Waals surface area contributed by atoms with Crippen LogP contribution in [0.1, 0.15) is 36.7 Å². The number of nitrogens with one attached hydrogen (secondary N) is 1. The standard InChI is InChI=1S/C19H24N2O4/c1-13-11-14(7-8-17(13)24-2)20-19(23)21-9-3-5-15(21)12-16(22)18-6-4-10-25-18/h4,6-8,10-11,15-16,22H,3,5,9,12H2,1-2H3,(H,20,23). The van der Waals surface area contributed by atoms with E-state index in [4.69, 9.17) is 9.15 Å². The summed E-state index contributed by atoms with van der Waals surface area (Å²) in [6.07, 6.45) is 3.14. The summed E-state index contributed by atoms with van der Waals surface area (Å²) in [6, 6.07) is 8.92. The van der Waals surface area contributed by atoms with Gasteiger partial charge in [-0.25, -0.2) is 4.79 Å². The molecule has 1 aliphatic heterocycles. The fraction of sp³-hybridized carbons (Fsp3) is 0.421. The third-order valence-corrected chi connectivity index (χ3v) is 4.65. The minimum absolute atomic E-state index is 0.000514. The Kier molecular flexibility index (Phi) is 5.28. The Morgan fingerprint density at radius 1 is 1.48 bits per heavy atom. The van der Waals surface area contributed by atoms with E-state index in [0.717, 1.165) is 29.8 Å². The van der Waals surface area contributed by atoms with E-state index in [1.165, 1.54) is 0 Å². The lowest BCUT2D eigenvalue weighted by Gasteiger charge is -2.26. The number of likely N-dealkylation sites (tertiary alicyclic amines) is 1. The molecule has 0 saturated carbocycles. The molecule has 1 saturated heterocycles. The number of anilines is 1. The lowest BCUT2D eigenvalue weighted by molar-refractivity contribution is 0.110. The van der Waals surface area contributed by atoms with Crippen LogP contribution in [0, 0.1) is 6.92 Å². The second kappa shape index (κ2) is 7.61. The van der Waals surface area contributed by atoms with Crippen LogP contribution in [-0.2, 0) is 0 Å². The van der Waals surface area contributed by atoms with Gasteiger partial charge in [0.1, 0.15) is 17.6 Å². The smallest absolute Gasteiger partial charge is 0.322 e. The number of benzene rings is 1. The largest absolute Gasteiger partial charge is 0.496 e. The molecule has 6 heteroatoms. The van der Waals surface area contributed by atoms with Gasteiger partial charge in [-0.2, -0.15) is 0 Å². The number of ether oxygens (including phenoxy) is 1. The van der Waals surface area contributed by atoms with Crippen molar-refractivity contribution in [2.75, 3.05) is 19.0 Å². The molecule has 6 nitrogen and oxygen atoms in total. The first-order valence-electron chi connectivity index (χ1n) is 8.52. The number of methoxy groups -OCH3 is 1. The number of aliphatic hydroxyl groups is 1. The predicted octanol–water partition coefficient (Wildman–Crippen LogP) is 3.72. The maximum atomic E-state index is 12.6.